The molecule has 7 heteroatoms. The molecule has 1 aliphatic carbocycles. The van der Waals surface area contributed by atoms with Crippen molar-refractivity contribution in [2.45, 2.75) is 16.1 Å². The van der Waals surface area contributed by atoms with Gasteiger partial charge in [0.25, 0.3) is 0 Å². The van der Waals surface area contributed by atoms with Crippen molar-refractivity contribution < 1.29 is 18.3 Å². The molecule has 1 saturated carbocycles. The third kappa shape index (κ3) is 2.29. The number of aliphatic carboxylic acids is 1. The summed E-state index contributed by atoms with van der Waals surface area (Å²) in [6.45, 7) is 0. The molecule has 0 saturated heterocycles. The SMILES string of the molecule is N#C[C@@]1(C(=O)O)[C@H](S(=O)(=O)c2ccc(Cl)cc2)[C@@H]1c1ccccc1. The number of benzene rings is 2. The first-order valence-corrected chi connectivity index (χ1v) is 8.97. The van der Waals surface area contributed by atoms with E-state index in [1.54, 1.807) is 36.4 Å². The highest BCUT2D eigenvalue weighted by molar-refractivity contribution is 7.92. The van der Waals surface area contributed by atoms with Crippen LogP contribution in [0.3, 0.4) is 0 Å². The number of rotatable bonds is 4. The van der Waals surface area contributed by atoms with Crippen molar-refractivity contribution in [1.29, 1.82) is 5.26 Å². The van der Waals surface area contributed by atoms with Crippen LogP contribution in [0.1, 0.15) is 11.5 Å². The zero-order valence-electron chi connectivity index (χ0n) is 12.3. The number of halogens is 1. The molecule has 0 radical (unpaired) electrons. The van der Waals surface area contributed by atoms with Gasteiger partial charge in [0.15, 0.2) is 15.3 Å². The summed E-state index contributed by atoms with van der Waals surface area (Å²) < 4.78 is 25.8. The van der Waals surface area contributed by atoms with Gasteiger partial charge >= 0.3 is 5.97 Å². The lowest BCUT2D eigenvalue weighted by atomic mass is 10.0. The normalized spacial score (nSPS) is 25.7. The molecule has 3 rings (SSSR count). The van der Waals surface area contributed by atoms with Crippen LogP contribution in [0, 0.1) is 16.7 Å². The summed E-state index contributed by atoms with van der Waals surface area (Å²) in [7, 11) is -4.01. The standard InChI is InChI=1S/C17H12ClNO4S/c18-12-6-8-13(9-7-12)24(22,23)15-14(11-4-2-1-3-5-11)17(15,10-19)16(20)21/h1-9,14-15H,(H,20,21)/t14-,15+,17-/m0/s1. The summed E-state index contributed by atoms with van der Waals surface area (Å²) in [5.41, 5.74) is -1.47. The van der Waals surface area contributed by atoms with Crippen molar-refractivity contribution in [3.8, 4) is 6.07 Å². The van der Waals surface area contributed by atoms with Crippen LogP contribution in [-0.4, -0.2) is 24.7 Å². The zero-order chi connectivity index (χ0) is 17.5. The molecule has 0 aromatic heterocycles. The molecule has 5 nitrogen and oxygen atoms in total. The molecule has 0 heterocycles. The summed E-state index contributed by atoms with van der Waals surface area (Å²) >= 11 is 5.77. The van der Waals surface area contributed by atoms with Crippen molar-refractivity contribution in [2.24, 2.45) is 5.41 Å². The number of carboxylic acid groups (broad SMARTS) is 1. The topological polar surface area (TPSA) is 95.2 Å². The maximum atomic E-state index is 12.9. The van der Waals surface area contributed by atoms with Gasteiger partial charge in [-0.3, -0.25) is 4.79 Å². The van der Waals surface area contributed by atoms with Gasteiger partial charge in [-0.25, -0.2) is 8.42 Å². The van der Waals surface area contributed by atoms with E-state index in [-0.39, 0.29) is 4.90 Å². The Morgan fingerprint density at radius 3 is 2.21 bits per heavy atom. The average Bonchev–Trinajstić information content (AvgIpc) is 3.28. The van der Waals surface area contributed by atoms with E-state index >= 15 is 0 Å². The Labute approximate surface area is 144 Å². The van der Waals surface area contributed by atoms with Crippen molar-refractivity contribution >= 4 is 27.4 Å². The first-order valence-electron chi connectivity index (χ1n) is 7.04. The van der Waals surface area contributed by atoms with Gasteiger partial charge in [-0.15, -0.1) is 0 Å². The van der Waals surface area contributed by atoms with Crippen LogP contribution in [0.4, 0.5) is 0 Å². The van der Waals surface area contributed by atoms with E-state index in [0.29, 0.717) is 10.6 Å². The quantitative estimate of drug-likeness (QED) is 0.903. The van der Waals surface area contributed by atoms with Gasteiger partial charge in [-0.1, -0.05) is 41.9 Å². The van der Waals surface area contributed by atoms with E-state index in [9.17, 15) is 23.6 Å². The minimum absolute atomic E-state index is 0.0452. The summed E-state index contributed by atoms with van der Waals surface area (Å²) in [5.74, 6) is -2.34. The molecule has 0 amide bonds. The second-order valence-corrected chi connectivity index (χ2v) is 8.10. The molecule has 1 aliphatic rings. The number of carbonyl (C=O) groups is 1. The lowest BCUT2D eigenvalue weighted by Crippen LogP contribution is -2.22. The molecule has 2 aromatic rings. The van der Waals surface area contributed by atoms with Crippen LogP contribution in [0.2, 0.25) is 5.02 Å². The van der Waals surface area contributed by atoms with Gasteiger partial charge in [0.05, 0.1) is 11.0 Å². The van der Waals surface area contributed by atoms with Crippen LogP contribution in [0.5, 0.6) is 0 Å². The zero-order valence-corrected chi connectivity index (χ0v) is 13.8. The second-order valence-electron chi connectivity index (χ2n) is 5.59. The van der Waals surface area contributed by atoms with Gasteiger partial charge < -0.3 is 5.11 Å². The van der Waals surface area contributed by atoms with E-state index in [0.717, 1.165) is 0 Å². The fraction of sp³-hybridized carbons (Fsp3) is 0.176. The van der Waals surface area contributed by atoms with E-state index in [4.69, 9.17) is 11.6 Å². The maximum absolute atomic E-state index is 12.9. The fourth-order valence-electron chi connectivity index (χ4n) is 3.08. The number of nitrogens with zero attached hydrogens (tertiary/aromatic N) is 1. The fourth-order valence-corrected chi connectivity index (χ4v) is 5.46. The van der Waals surface area contributed by atoms with Gasteiger partial charge in [0.1, 0.15) is 5.25 Å². The molecular formula is C17H12ClNO4S. The van der Waals surface area contributed by atoms with Gasteiger partial charge in [-0.05, 0) is 29.8 Å². The van der Waals surface area contributed by atoms with Crippen molar-refractivity contribution in [3.63, 3.8) is 0 Å². The van der Waals surface area contributed by atoms with Crippen molar-refractivity contribution in [3.05, 3.63) is 65.2 Å². The summed E-state index contributed by atoms with van der Waals surface area (Å²) in [6, 6.07) is 15.6. The molecule has 0 unspecified atom stereocenters. The van der Waals surface area contributed by atoms with Crippen LogP contribution in [-0.2, 0) is 14.6 Å². The highest BCUT2D eigenvalue weighted by Crippen LogP contribution is 2.63. The third-order valence-corrected chi connectivity index (χ3v) is 6.80. The number of sulfone groups is 1. The van der Waals surface area contributed by atoms with E-state index < -0.39 is 32.4 Å². The molecule has 24 heavy (non-hydrogen) atoms. The van der Waals surface area contributed by atoms with E-state index in [1.165, 1.54) is 24.3 Å². The molecule has 3 atom stereocenters. The second kappa shape index (κ2) is 5.62. The third-order valence-electron chi connectivity index (χ3n) is 4.31. The summed E-state index contributed by atoms with van der Waals surface area (Å²) in [4.78, 5) is 11.7. The molecule has 2 aromatic carbocycles. The highest BCUT2D eigenvalue weighted by atomic mass is 35.5. The van der Waals surface area contributed by atoms with Crippen LogP contribution in [0.15, 0.2) is 59.5 Å². The Balaban J connectivity index is 2.13. The average molecular weight is 362 g/mol. The van der Waals surface area contributed by atoms with Crippen LogP contribution >= 0.6 is 11.6 Å². The number of nitriles is 1. The van der Waals surface area contributed by atoms with E-state index in [2.05, 4.69) is 0 Å². The molecule has 0 bridgehead atoms. The molecule has 1 N–H and O–H groups in total. The Morgan fingerprint density at radius 1 is 1.12 bits per heavy atom. The molecule has 1 fully saturated rings. The minimum Gasteiger partial charge on any atom is -0.480 e. The monoisotopic (exact) mass is 361 g/mol. The van der Waals surface area contributed by atoms with Crippen LogP contribution < -0.4 is 0 Å². The summed E-state index contributed by atoms with van der Waals surface area (Å²) in [5, 5.41) is 18.1. The number of hydrogen-bond acceptors (Lipinski definition) is 4. The molecule has 0 aliphatic heterocycles. The molecular weight excluding hydrogens is 350 g/mol. The van der Waals surface area contributed by atoms with E-state index in [1.807, 2.05) is 0 Å². The Morgan fingerprint density at radius 2 is 1.71 bits per heavy atom. The number of carboxylic acids is 1. The highest BCUT2D eigenvalue weighted by Gasteiger charge is 2.77. The first-order chi connectivity index (χ1) is 11.4. The maximum Gasteiger partial charge on any atom is 0.326 e. The predicted octanol–water partition coefficient (Wildman–Crippen LogP) is 2.87. The van der Waals surface area contributed by atoms with Gasteiger partial charge in [-0.2, -0.15) is 5.26 Å². The lowest BCUT2D eigenvalue weighted by molar-refractivity contribution is -0.141. The minimum atomic E-state index is -4.01. The lowest BCUT2D eigenvalue weighted by Gasteiger charge is -2.05. The predicted molar refractivity (Wildman–Crippen MR) is 87.3 cm³/mol. The summed E-state index contributed by atoms with van der Waals surface area (Å²) in [6.07, 6.45) is 0. The van der Waals surface area contributed by atoms with Crippen LogP contribution in [0.25, 0.3) is 0 Å². The Hall–Kier alpha value is -2.36. The van der Waals surface area contributed by atoms with Crippen molar-refractivity contribution in [2.75, 3.05) is 0 Å². The van der Waals surface area contributed by atoms with Crippen molar-refractivity contribution in [1.82, 2.24) is 0 Å². The number of hydrogen-bond donors (Lipinski definition) is 1. The van der Waals surface area contributed by atoms with Gasteiger partial charge in [0, 0.05) is 10.9 Å². The molecule has 122 valence electrons. The largest absolute Gasteiger partial charge is 0.480 e. The Kier molecular flexibility index (Phi) is 3.86. The first kappa shape index (κ1) is 16.5. The Bertz CT molecular complexity index is 935. The van der Waals surface area contributed by atoms with Gasteiger partial charge in [0.2, 0.25) is 0 Å². The molecule has 0 spiro atoms. The smallest absolute Gasteiger partial charge is 0.326 e.